The number of para-hydroxylation sites is 1. The first kappa shape index (κ1) is 18.8. The van der Waals surface area contributed by atoms with Crippen molar-refractivity contribution >= 4 is 11.8 Å². The summed E-state index contributed by atoms with van der Waals surface area (Å²) in [6, 6.07) is 13.8. The fraction of sp³-hybridized carbons (Fsp3) is 0.174. The van der Waals surface area contributed by atoms with E-state index in [1.165, 1.54) is 0 Å². The van der Waals surface area contributed by atoms with Gasteiger partial charge >= 0.3 is 0 Å². The second-order valence-electron chi connectivity index (χ2n) is 6.84. The molecule has 5 nitrogen and oxygen atoms in total. The Morgan fingerprint density at radius 2 is 1.82 bits per heavy atom. The number of nitriles is 3. The average molecular weight is 366 g/mol. The van der Waals surface area contributed by atoms with E-state index in [0.717, 1.165) is 16.9 Å². The third-order valence-electron chi connectivity index (χ3n) is 4.71. The molecule has 5 heteroatoms. The molecule has 3 rings (SSSR count). The molecule has 0 spiro atoms. The fourth-order valence-corrected chi connectivity index (χ4v) is 3.25. The molecule has 0 unspecified atom stereocenters. The molecule has 2 aliphatic rings. The van der Waals surface area contributed by atoms with Crippen molar-refractivity contribution in [2.24, 2.45) is 0 Å². The highest BCUT2D eigenvalue weighted by Gasteiger charge is 2.38. The quantitative estimate of drug-likeness (QED) is 0.719. The Morgan fingerprint density at radius 1 is 1.11 bits per heavy atom. The smallest absolute Gasteiger partial charge is 0.172 e. The third-order valence-corrected chi connectivity index (χ3v) is 4.71. The lowest BCUT2D eigenvalue weighted by atomic mass is 9.94. The minimum Gasteiger partial charge on any atom is -0.480 e. The molecule has 0 atom stereocenters. The maximum absolute atomic E-state index is 9.57. The van der Waals surface area contributed by atoms with E-state index in [9.17, 15) is 5.26 Å². The van der Waals surface area contributed by atoms with Crippen LogP contribution >= 0.6 is 0 Å². The van der Waals surface area contributed by atoms with Crippen molar-refractivity contribution in [2.75, 3.05) is 11.9 Å². The van der Waals surface area contributed by atoms with Crippen molar-refractivity contribution in [1.29, 1.82) is 15.8 Å². The first-order valence-electron chi connectivity index (χ1n) is 8.71. The van der Waals surface area contributed by atoms with Gasteiger partial charge in [0.1, 0.15) is 29.4 Å². The molecule has 1 aromatic rings. The van der Waals surface area contributed by atoms with Crippen LogP contribution in [0.5, 0.6) is 0 Å². The van der Waals surface area contributed by atoms with Crippen LogP contribution < -0.4 is 4.90 Å². The first-order chi connectivity index (χ1) is 13.4. The van der Waals surface area contributed by atoms with Gasteiger partial charge < -0.3 is 9.64 Å². The summed E-state index contributed by atoms with van der Waals surface area (Å²) < 4.78 is 5.76. The number of nitrogens with zero attached hydrogens (tertiary/aromatic N) is 4. The van der Waals surface area contributed by atoms with Gasteiger partial charge in [-0.05, 0) is 37.6 Å². The molecule has 2 heterocycles. The van der Waals surface area contributed by atoms with Gasteiger partial charge in [0, 0.05) is 24.0 Å². The van der Waals surface area contributed by atoms with E-state index >= 15 is 0 Å². The minimum absolute atomic E-state index is 0.0495. The van der Waals surface area contributed by atoms with Crippen molar-refractivity contribution in [2.45, 2.75) is 19.4 Å². The van der Waals surface area contributed by atoms with Crippen molar-refractivity contribution in [3.05, 3.63) is 82.3 Å². The van der Waals surface area contributed by atoms with Gasteiger partial charge in [-0.25, -0.2) is 0 Å². The van der Waals surface area contributed by atoms with Gasteiger partial charge in [-0.15, -0.1) is 0 Å². The molecule has 0 aromatic heterocycles. The van der Waals surface area contributed by atoms with Crippen LogP contribution in [0.2, 0.25) is 0 Å². The van der Waals surface area contributed by atoms with Crippen LogP contribution in [-0.4, -0.2) is 12.6 Å². The molecular formula is C23H18N4O. The number of rotatable bonds is 2. The molecule has 0 bridgehead atoms. The van der Waals surface area contributed by atoms with Crippen molar-refractivity contribution in [3.8, 4) is 18.2 Å². The van der Waals surface area contributed by atoms with Gasteiger partial charge in [-0.3, -0.25) is 0 Å². The summed E-state index contributed by atoms with van der Waals surface area (Å²) in [5.74, 6) is 0.0495. The number of ether oxygens (including phenoxy) is 1. The molecule has 0 radical (unpaired) electrons. The summed E-state index contributed by atoms with van der Waals surface area (Å²) in [5.41, 5.74) is 3.11. The lowest BCUT2D eigenvalue weighted by molar-refractivity contribution is 0.0954. The summed E-state index contributed by atoms with van der Waals surface area (Å²) in [4.78, 5) is 2.09. The van der Waals surface area contributed by atoms with Crippen molar-refractivity contribution in [3.63, 3.8) is 0 Å². The second-order valence-corrected chi connectivity index (χ2v) is 6.84. The Morgan fingerprint density at radius 3 is 2.50 bits per heavy atom. The summed E-state index contributed by atoms with van der Waals surface area (Å²) >= 11 is 0. The Balaban J connectivity index is 1.98. The highest BCUT2D eigenvalue weighted by atomic mass is 16.5. The average Bonchev–Trinajstić information content (AvgIpc) is 2.94. The molecule has 136 valence electrons. The van der Waals surface area contributed by atoms with Gasteiger partial charge in [0.2, 0.25) is 0 Å². The third kappa shape index (κ3) is 3.20. The maximum Gasteiger partial charge on any atom is 0.172 e. The Hall–Kier alpha value is -4.01. The summed E-state index contributed by atoms with van der Waals surface area (Å²) in [6.45, 7) is 3.61. The zero-order chi connectivity index (χ0) is 20.3. The van der Waals surface area contributed by atoms with Gasteiger partial charge in [0.05, 0.1) is 0 Å². The van der Waals surface area contributed by atoms with Gasteiger partial charge in [0.15, 0.2) is 11.3 Å². The van der Waals surface area contributed by atoms with Crippen LogP contribution in [0.15, 0.2) is 76.7 Å². The van der Waals surface area contributed by atoms with Crippen molar-refractivity contribution in [1.82, 2.24) is 0 Å². The van der Waals surface area contributed by atoms with Crippen molar-refractivity contribution < 1.29 is 4.74 Å². The standard InChI is InChI=1S/C23H18N4O/c1-23(2)20(19(15-26)22(28-23)17(13-24)14-25)9-6-8-18-12-11-16-7-4-5-10-21(16)27(18)3/h4-12H,1-3H3/b9-6+,18-8+. The van der Waals surface area contributed by atoms with Crippen LogP contribution in [0.25, 0.3) is 6.08 Å². The Kier molecular flexibility index (Phi) is 4.90. The van der Waals surface area contributed by atoms with Crippen LogP contribution in [-0.2, 0) is 4.74 Å². The van der Waals surface area contributed by atoms with Crippen LogP contribution in [0, 0.1) is 34.0 Å². The highest BCUT2D eigenvalue weighted by Crippen LogP contribution is 2.40. The molecular weight excluding hydrogens is 348 g/mol. The zero-order valence-electron chi connectivity index (χ0n) is 15.9. The number of hydrogen-bond acceptors (Lipinski definition) is 5. The number of hydrogen-bond donors (Lipinski definition) is 0. The van der Waals surface area contributed by atoms with Crippen LogP contribution in [0.3, 0.4) is 0 Å². The topological polar surface area (TPSA) is 83.8 Å². The van der Waals surface area contributed by atoms with E-state index in [1.54, 1.807) is 32.1 Å². The molecule has 0 saturated carbocycles. The number of likely N-dealkylation sites (N-methyl/N-ethyl adjacent to an activating group) is 1. The molecule has 0 aliphatic carbocycles. The normalized spacial score (nSPS) is 18.5. The molecule has 2 aliphatic heterocycles. The lowest BCUT2D eigenvalue weighted by Gasteiger charge is -2.26. The molecule has 28 heavy (non-hydrogen) atoms. The minimum atomic E-state index is -0.810. The van der Waals surface area contributed by atoms with Crippen LogP contribution in [0.4, 0.5) is 5.69 Å². The second kappa shape index (κ2) is 7.31. The number of anilines is 1. The number of allylic oxidation sites excluding steroid dienone is 5. The van der Waals surface area contributed by atoms with E-state index in [0.29, 0.717) is 5.57 Å². The van der Waals surface area contributed by atoms with Gasteiger partial charge in [-0.1, -0.05) is 36.4 Å². The van der Waals surface area contributed by atoms with E-state index in [4.69, 9.17) is 15.3 Å². The molecule has 0 N–H and O–H groups in total. The van der Waals surface area contributed by atoms with E-state index in [1.807, 2.05) is 37.4 Å². The SMILES string of the molecule is CN1/C(=C/C=C/C2=C(C#N)C(=C(C#N)C#N)OC2(C)C)C=Cc2ccccc21. The predicted octanol–water partition coefficient (Wildman–Crippen LogP) is 4.52. The molecule has 0 amide bonds. The largest absolute Gasteiger partial charge is 0.480 e. The summed E-state index contributed by atoms with van der Waals surface area (Å²) in [6.07, 6.45) is 9.68. The van der Waals surface area contributed by atoms with Gasteiger partial charge in [0.25, 0.3) is 0 Å². The van der Waals surface area contributed by atoms with E-state index < -0.39 is 5.60 Å². The maximum atomic E-state index is 9.57. The zero-order valence-corrected chi connectivity index (χ0v) is 15.9. The lowest BCUT2D eigenvalue weighted by Crippen LogP contribution is -2.21. The van der Waals surface area contributed by atoms with Gasteiger partial charge in [-0.2, -0.15) is 15.8 Å². The fourth-order valence-electron chi connectivity index (χ4n) is 3.25. The molecule has 1 aromatic carbocycles. The highest BCUT2D eigenvalue weighted by molar-refractivity contribution is 5.76. The summed E-state index contributed by atoms with van der Waals surface area (Å²) in [5, 5.41) is 27.8. The molecule has 0 fully saturated rings. The number of benzene rings is 1. The first-order valence-corrected chi connectivity index (χ1v) is 8.71. The number of fused-ring (bicyclic) bond motifs is 1. The van der Waals surface area contributed by atoms with E-state index in [2.05, 4.69) is 29.2 Å². The Labute approximate surface area is 164 Å². The monoisotopic (exact) mass is 366 g/mol. The predicted molar refractivity (Wildman–Crippen MR) is 107 cm³/mol. The molecule has 0 saturated heterocycles. The van der Waals surface area contributed by atoms with Crippen LogP contribution in [0.1, 0.15) is 19.4 Å². The van der Waals surface area contributed by atoms with E-state index in [-0.39, 0.29) is 16.9 Å². The summed E-state index contributed by atoms with van der Waals surface area (Å²) in [7, 11) is 2.00. The Bertz CT molecular complexity index is 1090.